The van der Waals surface area contributed by atoms with Gasteiger partial charge in [0.15, 0.2) is 5.89 Å². The Morgan fingerprint density at radius 1 is 1.29 bits per heavy atom. The Morgan fingerprint density at radius 3 is 2.92 bits per heavy atom. The first-order chi connectivity index (χ1) is 11.8. The van der Waals surface area contributed by atoms with E-state index < -0.39 is 0 Å². The fourth-order valence-electron chi connectivity index (χ4n) is 2.44. The topological polar surface area (TPSA) is 68.0 Å². The van der Waals surface area contributed by atoms with Crippen molar-refractivity contribution in [3.63, 3.8) is 0 Å². The lowest BCUT2D eigenvalue weighted by molar-refractivity contribution is -0.120. The van der Waals surface area contributed by atoms with E-state index in [-0.39, 0.29) is 12.3 Å². The SMILES string of the molecule is O=C(Cc1csc(-c2ccccc2)n1)NCc1cnc(C2CC2)o1. The maximum absolute atomic E-state index is 12.1. The van der Waals surface area contributed by atoms with Crippen molar-refractivity contribution < 1.29 is 9.21 Å². The van der Waals surface area contributed by atoms with Gasteiger partial charge in [0, 0.05) is 16.9 Å². The van der Waals surface area contributed by atoms with Crippen molar-refractivity contribution in [3.8, 4) is 10.6 Å². The van der Waals surface area contributed by atoms with Crippen LogP contribution in [0.4, 0.5) is 0 Å². The van der Waals surface area contributed by atoms with Gasteiger partial charge in [-0.05, 0) is 12.8 Å². The molecule has 1 aromatic carbocycles. The number of carbonyl (C=O) groups excluding carboxylic acids is 1. The predicted octanol–water partition coefficient (Wildman–Crippen LogP) is 3.53. The van der Waals surface area contributed by atoms with E-state index in [9.17, 15) is 4.79 Å². The minimum absolute atomic E-state index is 0.0655. The van der Waals surface area contributed by atoms with Crippen LogP contribution in [0.2, 0.25) is 0 Å². The van der Waals surface area contributed by atoms with Crippen molar-refractivity contribution in [2.45, 2.75) is 31.7 Å². The zero-order valence-corrected chi connectivity index (χ0v) is 13.9. The first-order valence-corrected chi connectivity index (χ1v) is 8.87. The summed E-state index contributed by atoms with van der Waals surface area (Å²) in [6.07, 6.45) is 4.27. The van der Waals surface area contributed by atoms with Crippen LogP contribution < -0.4 is 5.32 Å². The molecule has 3 aromatic rings. The largest absolute Gasteiger partial charge is 0.444 e. The van der Waals surface area contributed by atoms with Gasteiger partial charge in [-0.3, -0.25) is 4.79 Å². The lowest BCUT2D eigenvalue weighted by Gasteiger charge is -2.01. The minimum Gasteiger partial charge on any atom is -0.444 e. The van der Waals surface area contributed by atoms with Crippen molar-refractivity contribution in [1.29, 1.82) is 0 Å². The van der Waals surface area contributed by atoms with Gasteiger partial charge >= 0.3 is 0 Å². The Balaban J connectivity index is 1.31. The number of benzene rings is 1. The van der Waals surface area contributed by atoms with Crippen molar-refractivity contribution in [3.05, 3.63) is 59.3 Å². The average Bonchev–Trinajstić information content (AvgIpc) is 3.17. The monoisotopic (exact) mass is 339 g/mol. The first kappa shape index (κ1) is 15.1. The van der Waals surface area contributed by atoms with Crippen LogP contribution >= 0.6 is 11.3 Å². The molecule has 0 bridgehead atoms. The van der Waals surface area contributed by atoms with E-state index in [1.165, 1.54) is 0 Å². The number of oxazole rings is 1. The molecular formula is C18H17N3O2S. The van der Waals surface area contributed by atoms with Crippen LogP contribution in [0.3, 0.4) is 0 Å². The summed E-state index contributed by atoms with van der Waals surface area (Å²) in [6, 6.07) is 9.98. The van der Waals surface area contributed by atoms with Gasteiger partial charge in [0.05, 0.1) is 24.9 Å². The van der Waals surface area contributed by atoms with Gasteiger partial charge in [-0.1, -0.05) is 30.3 Å². The highest BCUT2D eigenvalue weighted by atomic mass is 32.1. The molecule has 4 rings (SSSR count). The molecule has 24 heavy (non-hydrogen) atoms. The zero-order chi connectivity index (χ0) is 16.4. The van der Waals surface area contributed by atoms with Gasteiger partial charge < -0.3 is 9.73 Å². The van der Waals surface area contributed by atoms with E-state index in [0.29, 0.717) is 18.2 Å². The molecule has 0 radical (unpaired) electrons. The first-order valence-electron chi connectivity index (χ1n) is 7.99. The second-order valence-electron chi connectivity index (χ2n) is 5.90. The summed E-state index contributed by atoms with van der Waals surface area (Å²) >= 11 is 1.55. The Kier molecular flexibility index (Phi) is 4.13. The number of carbonyl (C=O) groups is 1. The Hall–Kier alpha value is -2.47. The molecule has 122 valence electrons. The number of aromatic nitrogens is 2. The van der Waals surface area contributed by atoms with E-state index in [0.717, 1.165) is 35.0 Å². The van der Waals surface area contributed by atoms with E-state index >= 15 is 0 Å². The maximum atomic E-state index is 12.1. The standard InChI is InChI=1S/C18H17N3O2S/c22-16(19-9-15-10-20-17(23-15)12-6-7-12)8-14-11-24-18(21-14)13-4-2-1-3-5-13/h1-5,10-12H,6-9H2,(H,19,22). The summed E-state index contributed by atoms with van der Waals surface area (Å²) < 4.78 is 5.63. The molecular weight excluding hydrogens is 322 g/mol. The van der Waals surface area contributed by atoms with Crippen molar-refractivity contribution in [2.24, 2.45) is 0 Å². The summed E-state index contributed by atoms with van der Waals surface area (Å²) in [5.41, 5.74) is 1.86. The van der Waals surface area contributed by atoms with Gasteiger partial charge in [0.1, 0.15) is 10.8 Å². The molecule has 0 aliphatic heterocycles. The Bertz CT molecular complexity index is 837. The van der Waals surface area contributed by atoms with Crippen LogP contribution in [0.5, 0.6) is 0 Å². The second kappa shape index (κ2) is 6.57. The third-order valence-electron chi connectivity index (χ3n) is 3.87. The second-order valence-corrected chi connectivity index (χ2v) is 6.76. The van der Waals surface area contributed by atoms with Crippen LogP contribution in [0.25, 0.3) is 10.6 Å². The number of thiazole rings is 1. The molecule has 1 aliphatic carbocycles. The summed E-state index contributed by atoms with van der Waals surface area (Å²) in [4.78, 5) is 20.9. The van der Waals surface area contributed by atoms with Crippen molar-refractivity contribution in [2.75, 3.05) is 0 Å². The summed E-state index contributed by atoms with van der Waals surface area (Å²) in [5, 5.41) is 5.73. The lowest BCUT2D eigenvalue weighted by Crippen LogP contribution is -2.24. The van der Waals surface area contributed by atoms with Crippen molar-refractivity contribution >= 4 is 17.2 Å². The van der Waals surface area contributed by atoms with Crippen LogP contribution in [0.1, 0.15) is 36.1 Å². The lowest BCUT2D eigenvalue weighted by atomic mass is 10.2. The molecule has 2 heterocycles. The van der Waals surface area contributed by atoms with E-state index in [4.69, 9.17) is 4.42 Å². The summed E-state index contributed by atoms with van der Waals surface area (Å²) in [6.45, 7) is 0.369. The molecule has 0 unspecified atom stereocenters. The van der Waals surface area contributed by atoms with Gasteiger partial charge in [-0.2, -0.15) is 0 Å². The number of hydrogen-bond donors (Lipinski definition) is 1. The molecule has 1 aliphatic rings. The van der Waals surface area contributed by atoms with Gasteiger partial charge in [0.2, 0.25) is 5.91 Å². The minimum atomic E-state index is -0.0655. The predicted molar refractivity (Wildman–Crippen MR) is 91.6 cm³/mol. The number of nitrogens with zero attached hydrogens (tertiary/aromatic N) is 2. The van der Waals surface area contributed by atoms with E-state index in [1.807, 2.05) is 35.7 Å². The number of rotatable bonds is 6. The highest BCUT2D eigenvalue weighted by Crippen LogP contribution is 2.39. The van der Waals surface area contributed by atoms with E-state index in [1.54, 1.807) is 17.5 Å². The average molecular weight is 339 g/mol. The third-order valence-corrected chi connectivity index (χ3v) is 4.81. The summed E-state index contributed by atoms with van der Waals surface area (Å²) in [7, 11) is 0. The van der Waals surface area contributed by atoms with Gasteiger partial charge in [-0.15, -0.1) is 11.3 Å². The molecule has 5 nitrogen and oxygen atoms in total. The molecule has 0 saturated heterocycles. The number of hydrogen-bond acceptors (Lipinski definition) is 5. The highest BCUT2D eigenvalue weighted by Gasteiger charge is 2.28. The van der Waals surface area contributed by atoms with Gasteiger partial charge in [0.25, 0.3) is 0 Å². The Morgan fingerprint density at radius 2 is 2.12 bits per heavy atom. The molecule has 1 saturated carbocycles. The zero-order valence-electron chi connectivity index (χ0n) is 13.1. The normalized spacial score (nSPS) is 13.8. The smallest absolute Gasteiger partial charge is 0.226 e. The fourth-order valence-corrected chi connectivity index (χ4v) is 3.26. The molecule has 0 spiro atoms. The van der Waals surface area contributed by atoms with Crippen LogP contribution in [0.15, 0.2) is 46.3 Å². The fraction of sp³-hybridized carbons (Fsp3) is 0.278. The Labute approximate surface area is 143 Å². The molecule has 2 aromatic heterocycles. The van der Waals surface area contributed by atoms with Crippen molar-refractivity contribution in [1.82, 2.24) is 15.3 Å². The molecule has 6 heteroatoms. The van der Waals surface area contributed by atoms with Crippen LogP contribution in [0, 0.1) is 0 Å². The third kappa shape index (κ3) is 3.54. The van der Waals surface area contributed by atoms with E-state index in [2.05, 4.69) is 15.3 Å². The molecule has 0 atom stereocenters. The van der Waals surface area contributed by atoms with Crippen LogP contribution in [-0.4, -0.2) is 15.9 Å². The maximum Gasteiger partial charge on any atom is 0.226 e. The number of nitrogens with one attached hydrogen (secondary N) is 1. The molecule has 1 N–H and O–H groups in total. The summed E-state index contributed by atoms with van der Waals surface area (Å²) in [5.74, 6) is 1.92. The van der Waals surface area contributed by atoms with Gasteiger partial charge in [-0.25, -0.2) is 9.97 Å². The molecule has 1 fully saturated rings. The quantitative estimate of drug-likeness (QED) is 0.746. The molecule has 1 amide bonds. The van der Waals surface area contributed by atoms with Crippen LogP contribution in [-0.2, 0) is 17.8 Å². The number of amides is 1. The highest BCUT2D eigenvalue weighted by molar-refractivity contribution is 7.13.